The molecule has 120 valence electrons. The number of benzene rings is 1. The molecule has 2 fully saturated rings. The highest BCUT2D eigenvalue weighted by molar-refractivity contribution is 7.14. The van der Waals surface area contributed by atoms with Gasteiger partial charge in [-0.15, -0.1) is 11.3 Å². The largest absolute Gasteiger partial charge is 0.411 e. The van der Waals surface area contributed by atoms with Crippen molar-refractivity contribution >= 4 is 17.6 Å². The molecule has 2 aliphatic heterocycles. The van der Waals surface area contributed by atoms with Gasteiger partial charge in [-0.1, -0.05) is 35.8 Å². The minimum atomic E-state index is 0.608. The third kappa shape index (κ3) is 2.81. The Kier molecular flexibility index (Phi) is 4.19. The molecule has 3 nitrogen and oxygen atoms in total. The third-order valence-electron chi connectivity index (χ3n) is 5.30. The molecule has 1 aromatic carbocycles. The number of fused-ring (bicyclic) bond motifs is 1. The zero-order valence-electron chi connectivity index (χ0n) is 13.2. The average Bonchev–Trinajstić information content (AvgIpc) is 3.22. The predicted molar refractivity (Wildman–Crippen MR) is 95.5 cm³/mol. The van der Waals surface area contributed by atoms with Crippen LogP contribution in [-0.2, 0) is 0 Å². The first-order chi connectivity index (χ1) is 11.4. The summed E-state index contributed by atoms with van der Waals surface area (Å²) in [5.74, 6) is 0. The molecule has 0 unspecified atom stereocenters. The summed E-state index contributed by atoms with van der Waals surface area (Å²) >= 11 is 1.69. The summed E-state index contributed by atoms with van der Waals surface area (Å²) in [5, 5.41) is 14.0. The number of hydrogen-bond donors (Lipinski definition) is 1. The molecule has 3 heterocycles. The van der Waals surface area contributed by atoms with Crippen LogP contribution in [0.4, 0.5) is 0 Å². The molecule has 0 spiro atoms. The molecule has 0 amide bonds. The first-order valence-electron chi connectivity index (χ1n) is 8.48. The number of piperidine rings is 1. The van der Waals surface area contributed by atoms with Gasteiger partial charge in [-0.25, -0.2) is 0 Å². The summed E-state index contributed by atoms with van der Waals surface area (Å²) in [6.07, 6.45) is 8.30. The summed E-state index contributed by atoms with van der Waals surface area (Å²) in [6, 6.07) is 12.4. The zero-order chi connectivity index (χ0) is 15.6. The Morgan fingerprint density at radius 1 is 1.09 bits per heavy atom. The third-order valence-corrected chi connectivity index (χ3v) is 6.28. The van der Waals surface area contributed by atoms with Gasteiger partial charge in [0.2, 0.25) is 0 Å². The summed E-state index contributed by atoms with van der Waals surface area (Å²) in [7, 11) is 0. The highest BCUT2D eigenvalue weighted by Gasteiger charge is 2.35. The Hall–Kier alpha value is -1.65. The van der Waals surface area contributed by atoms with E-state index in [1.165, 1.54) is 56.0 Å². The Balaban J connectivity index is 1.57. The quantitative estimate of drug-likeness (QED) is 0.494. The molecule has 0 bridgehead atoms. The Labute approximate surface area is 141 Å². The number of rotatable bonds is 3. The summed E-state index contributed by atoms with van der Waals surface area (Å²) in [4.78, 5) is 3.89. The van der Waals surface area contributed by atoms with E-state index in [1.54, 1.807) is 11.3 Å². The summed E-state index contributed by atoms with van der Waals surface area (Å²) < 4.78 is 0. The molecule has 2 saturated heterocycles. The van der Waals surface area contributed by atoms with Crippen molar-refractivity contribution in [3.8, 4) is 10.4 Å². The minimum absolute atomic E-state index is 0.608. The SMILES string of the molecule is ON=Cc1ccsc1-c1ccc([C@@H]2CC[C@H]3CCCCN32)cc1. The van der Waals surface area contributed by atoms with Crippen molar-refractivity contribution < 1.29 is 5.21 Å². The van der Waals surface area contributed by atoms with E-state index < -0.39 is 0 Å². The lowest BCUT2D eigenvalue weighted by molar-refractivity contribution is 0.150. The van der Waals surface area contributed by atoms with Crippen LogP contribution in [0, 0.1) is 0 Å². The molecular weight excluding hydrogens is 304 g/mol. The van der Waals surface area contributed by atoms with E-state index in [9.17, 15) is 0 Å². The van der Waals surface area contributed by atoms with E-state index in [2.05, 4.69) is 34.3 Å². The lowest BCUT2D eigenvalue weighted by Gasteiger charge is -2.34. The first kappa shape index (κ1) is 14.9. The molecule has 1 aromatic heterocycles. The fourth-order valence-corrected chi connectivity index (χ4v) is 5.07. The molecule has 4 rings (SSSR count). The number of hydrogen-bond acceptors (Lipinski definition) is 4. The predicted octanol–water partition coefficient (Wildman–Crippen LogP) is 4.91. The standard InChI is InChI=1S/C19H22N2OS/c22-20-13-16-10-12-23-19(16)15-6-4-14(5-7-15)18-9-8-17-3-1-2-11-21(17)18/h4-7,10,12-13,17-18,22H,1-3,8-9,11H2/t17-,18+/m1/s1. The lowest BCUT2D eigenvalue weighted by atomic mass is 10.0. The molecule has 23 heavy (non-hydrogen) atoms. The molecule has 0 saturated carbocycles. The molecule has 2 atom stereocenters. The first-order valence-corrected chi connectivity index (χ1v) is 9.36. The molecule has 0 aliphatic carbocycles. The van der Waals surface area contributed by atoms with Gasteiger partial charge in [-0.3, -0.25) is 4.90 Å². The van der Waals surface area contributed by atoms with Crippen LogP contribution in [0.15, 0.2) is 40.9 Å². The van der Waals surface area contributed by atoms with E-state index in [0.29, 0.717) is 6.04 Å². The Bertz CT molecular complexity index is 692. The highest BCUT2D eigenvalue weighted by Crippen LogP contribution is 2.41. The van der Waals surface area contributed by atoms with Gasteiger partial charge < -0.3 is 5.21 Å². The van der Waals surface area contributed by atoms with Gasteiger partial charge >= 0.3 is 0 Å². The van der Waals surface area contributed by atoms with Gasteiger partial charge in [0.1, 0.15) is 0 Å². The van der Waals surface area contributed by atoms with E-state index in [-0.39, 0.29) is 0 Å². The average molecular weight is 326 g/mol. The molecule has 2 aromatic rings. The second kappa shape index (κ2) is 6.46. The van der Waals surface area contributed by atoms with Gasteiger partial charge in [0, 0.05) is 22.5 Å². The molecule has 0 radical (unpaired) electrons. The fraction of sp³-hybridized carbons (Fsp3) is 0.421. The normalized spacial score (nSPS) is 25.0. The van der Waals surface area contributed by atoms with E-state index in [1.807, 2.05) is 11.4 Å². The highest BCUT2D eigenvalue weighted by atomic mass is 32.1. The molecule has 2 aliphatic rings. The van der Waals surface area contributed by atoms with Crippen LogP contribution in [0.5, 0.6) is 0 Å². The van der Waals surface area contributed by atoms with Crippen LogP contribution in [0.1, 0.15) is 49.3 Å². The van der Waals surface area contributed by atoms with Gasteiger partial charge in [0.15, 0.2) is 0 Å². The number of oxime groups is 1. The molecule has 4 heteroatoms. The van der Waals surface area contributed by atoms with Crippen molar-refractivity contribution in [1.82, 2.24) is 4.90 Å². The zero-order valence-corrected chi connectivity index (χ0v) is 14.0. The maximum atomic E-state index is 8.78. The smallest absolute Gasteiger partial charge is 0.0748 e. The van der Waals surface area contributed by atoms with Gasteiger partial charge in [0.25, 0.3) is 0 Å². The maximum Gasteiger partial charge on any atom is 0.0748 e. The summed E-state index contributed by atoms with van der Waals surface area (Å²) in [6.45, 7) is 1.26. The number of nitrogens with zero attached hydrogens (tertiary/aromatic N) is 2. The van der Waals surface area contributed by atoms with E-state index in [4.69, 9.17) is 5.21 Å². The minimum Gasteiger partial charge on any atom is -0.411 e. The van der Waals surface area contributed by atoms with E-state index in [0.717, 1.165) is 16.5 Å². The van der Waals surface area contributed by atoms with Crippen molar-refractivity contribution in [3.63, 3.8) is 0 Å². The van der Waals surface area contributed by atoms with Crippen LogP contribution in [-0.4, -0.2) is 28.9 Å². The monoisotopic (exact) mass is 326 g/mol. The summed E-state index contributed by atoms with van der Waals surface area (Å²) in [5.41, 5.74) is 3.63. The van der Waals surface area contributed by atoms with Crippen molar-refractivity contribution in [2.45, 2.75) is 44.2 Å². The van der Waals surface area contributed by atoms with E-state index >= 15 is 0 Å². The van der Waals surface area contributed by atoms with Gasteiger partial charge in [-0.05, 0) is 54.8 Å². The van der Waals surface area contributed by atoms with Crippen LogP contribution in [0.25, 0.3) is 10.4 Å². The molecule has 1 N–H and O–H groups in total. The Morgan fingerprint density at radius 3 is 2.78 bits per heavy atom. The topological polar surface area (TPSA) is 35.8 Å². The maximum absolute atomic E-state index is 8.78. The van der Waals surface area contributed by atoms with Crippen LogP contribution >= 0.6 is 11.3 Å². The second-order valence-electron chi connectivity index (χ2n) is 6.55. The van der Waals surface area contributed by atoms with Crippen LogP contribution < -0.4 is 0 Å². The van der Waals surface area contributed by atoms with Crippen molar-refractivity contribution in [1.29, 1.82) is 0 Å². The van der Waals surface area contributed by atoms with Gasteiger partial charge in [0.05, 0.1) is 6.21 Å². The fourth-order valence-electron chi connectivity index (χ4n) is 4.19. The number of thiophene rings is 1. The second-order valence-corrected chi connectivity index (χ2v) is 7.47. The van der Waals surface area contributed by atoms with Crippen LogP contribution in [0.2, 0.25) is 0 Å². The van der Waals surface area contributed by atoms with Crippen LogP contribution in [0.3, 0.4) is 0 Å². The Morgan fingerprint density at radius 2 is 1.96 bits per heavy atom. The van der Waals surface area contributed by atoms with Gasteiger partial charge in [-0.2, -0.15) is 0 Å². The van der Waals surface area contributed by atoms with Crippen molar-refractivity contribution in [2.24, 2.45) is 5.16 Å². The molecular formula is C19H22N2OS. The lowest BCUT2D eigenvalue weighted by Crippen LogP contribution is -2.35. The van der Waals surface area contributed by atoms with Crippen molar-refractivity contribution in [3.05, 3.63) is 46.8 Å². The van der Waals surface area contributed by atoms with Crippen molar-refractivity contribution in [2.75, 3.05) is 6.54 Å².